The van der Waals surface area contributed by atoms with Crippen molar-refractivity contribution in [2.75, 3.05) is 7.11 Å². The summed E-state index contributed by atoms with van der Waals surface area (Å²) >= 11 is 0. The summed E-state index contributed by atoms with van der Waals surface area (Å²) in [4.78, 5) is 22.8. The second-order valence-electron chi connectivity index (χ2n) is 5.80. The zero-order valence-corrected chi connectivity index (χ0v) is 14.7. The van der Waals surface area contributed by atoms with Crippen molar-refractivity contribution < 1.29 is 19.4 Å². The second-order valence-corrected chi connectivity index (χ2v) is 5.80. The molecule has 1 unspecified atom stereocenters. The summed E-state index contributed by atoms with van der Waals surface area (Å²) in [6, 6.07) is 19.6. The first-order valence-corrected chi connectivity index (χ1v) is 8.35. The van der Waals surface area contributed by atoms with Gasteiger partial charge in [0.25, 0.3) is 0 Å². The Morgan fingerprint density at radius 3 is 2.27 bits per heavy atom. The number of allylic oxidation sites excluding steroid dienone is 2. The van der Waals surface area contributed by atoms with Crippen LogP contribution >= 0.6 is 0 Å². The minimum atomic E-state index is -0.963. The fraction of sp³-hybridized carbons (Fsp3) is 0.182. The molecule has 4 heteroatoms. The van der Waals surface area contributed by atoms with E-state index in [-0.39, 0.29) is 18.6 Å². The number of carbonyl (C=O) groups excluding carboxylic acids is 2. The van der Waals surface area contributed by atoms with E-state index in [1.807, 2.05) is 66.7 Å². The number of ether oxygens (including phenoxy) is 1. The molecule has 4 nitrogen and oxygen atoms in total. The van der Waals surface area contributed by atoms with Gasteiger partial charge >= 0.3 is 5.97 Å². The maximum atomic E-state index is 11.7. The summed E-state index contributed by atoms with van der Waals surface area (Å²) in [7, 11) is 1.23. The van der Waals surface area contributed by atoms with Gasteiger partial charge in [0.2, 0.25) is 0 Å². The molecule has 0 aliphatic rings. The SMILES string of the molecule is COC(=O)CC(=O)CC(O)C=CC(=Cc1ccccc1)c1ccccc1. The Labute approximate surface area is 153 Å². The Kier molecular flexibility index (Phi) is 7.52. The summed E-state index contributed by atoms with van der Waals surface area (Å²) in [5, 5.41) is 10.1. The van der Waals surface area contributed by atoms with Crippen LogP contribution in [0, 0.1) is 0 Å². The minimum Gasteiger partial charge on any atom is -0.469 e. The van der Waals surface area contributed by atoms with Crippen molar-refractivity contribution in [1.29, 1.82) is 0 Å². The monoisotopic (exact) mass is 350 g/mol. The summed E-state index contributed by atoms with van der Waals surface area (Å²) in [5.41, 5.74) is 2.95. The Morgan fingerprint density at radius 1 is 1.04 bits per heavy atom. The van der Waals surface area contributed by atoms with Crippen LogP contribution in [0.2, 0.25) is 0 Å². The van der Waals surface area contributed by atoms with Gasteiger partial charge in [-0.1, -0.05) is 72.8 Å². The zero-order valence-electron chi connectivity index (χ0n) is 14.7. The Morgan fingerprint density at radius 2 is 1.65 bits per heavy atom. The standard InChI is InChI=1S/C22H22O4/c1-26-22(25)16-21(24)15-20(23)13-12-19(18-10-6-3-7-11-18)14-17-8-4-2-5-9-17/h2-14,20,23H,15-16H2,1H3. The van der Waals surface area contributed by atoms with Crippen molar-refractivity contribution in [3.05, 3.63) is 83.9 Å². The second kappa shape index (κ2) is 10.1. The van der Waals surface area contributed by atoms with Crippen LogP contribution < -0.4 is 0 Å². The van der Waals surface area contributed by atoms with Crippen molar-refractivity contribution >= 4 is 23.4 Å². The predicted molar refractivity (Wildman–Crippen MR) is 102 cm³/mol. The molecule has 0 radical (unpaired) electrons. The van der Waals surface area contributed by atoms with Gasteiger partial charge in [-0.15, -0.1) is 0 Å². The largest absolute Gasteiger partial charge is 0.469 e. The number of esters is 1. The number of ketones is 1. The van der Waals surface area contributed by atoms with Crippen molar-refractivity contribution in [3.8, 4) is 0 Å². The molecule has 2 aromatic rings. The first-order valence-electron chi connectivity index (χ1n) is 8.35. The summed E-state index contributed by atoms with van der Waals surface area (Å²) in [5.74, 6) is -0.956. The first kappa shape index (κ1) is 19.3. The number of aliphatic hydroxyl groups excluding tert-OH is 1. The number of methoxy groups -OCH3 is 1. The van der Waals surface area contributed by atoms with Gasteiger partial charge < -0.3 is 9.84 Å². The van der Waals surface area contributed by atoms with Gasteiger partial charge in [0, 0.05) is 6.42 Å². The van der Waals surface area contributed by atoms with Gasteiger partial charge in [-0.05, 0) is 22.8 Å². The van der Waals surface area contributed by atoms with Crippen molar-refractivity contribution in [1.82, 2.24) is 0 Å². The average molecular weight is 350 g/mol. The predicted octanol–water partition coefficient (Wildman–Crippen LogP) is 3.67. The molecule has 26 heavy (non-hydrogen) atoms. The highest BCUT2D eigenvalue weighted by Crippen LogP contribution is 2.20. The Balaban J connectivity index is 2.14. The van der Waals surface area contributed by atoms with Crippen LogP contribution in [-0.4, -0.2) is 30.1 Å². The van der Waals surface area contributed by atoms with Crippen LogP contribution in [0.5, 0.6) is 0 Å². The number of hydrogen-bond donors (Lipinski definition) is 1. The van der Waals surface area contributed by atoms with E-state index in [1.165, 1.54) is 7.11 Å². The summed E-state index contributed by atoms with van der Waals surface area (Å²) in [6.07, 6.45) is 3.95. The first-order chi connectivity index (χ1) is 12.6. The number of hydrogen-bond acceptors (Lipinski definition) is 4. The molecule has 2 aromatic carbocycles. The number of benzene rings is 2. The molecule has 0 heterocycles. The maximum Gasteiger partial charge on any atom is 0.313 e. The van der Waals surface area contributed by atoms with E-state index < -0.39 is 12.1 Å². The highest BCUT2D eigenvalue weighted by molar-refractivity contribution is 5.95. The van der Waals surface area contributed by atoms with Crippen LogP contribution in [0.4, 0.5) is 0 Å². The van der Waals surface area contributed by atoms with E-state index in [0.717, 1.165) is 16.7 Å². The van der Waals surface area contributed by atoms with E-state index in [2.05, 4.69) is 4.74 Å². The molecule has 0 saturated heterocycles. The molecular formula is C22H22O4. The molecule has 0 amide bonds. The van der Waals surface area contributed by atoms with Gasteiger partial charge in [-0.25, -0.2) is 0 Å². The molecule has 0 aromatic heterocycles. The topological polar surface area (TPSA) is 63.6 Å². The third kappa shape index (κ3) is 6.49. The number of Topliss-reactive ketones (excluding diaryl/α,β-unsaturated/α-hetero) is 1. The van der Waals surface area contributed by atoms with E-state index in [4.69, 9.17) is 0 Å². The zero-order chi connectivity index (χ0) is 18.8. The summed E-state index contributed by atoms with van der Waals surface area (Å²) in [6.45, 7) is 0. The van der Waals surface area contributed by atoms with E-state index in [1.54, 1.807) is 12.2 Å². The molecule has 134 valence electrons. The summed E-state index contributed by atoms with van der Waals surface area (Å²) < 4.78 is 4.46. The van der Waals surface area contributed by atoms with Gasteiger partial charge in [0.1, 0.15) is 12.2 Å². The molecule has 0 saturated carbocycles. The average Bonchev–Trinajstić information content (AvgIpc) is 2.66. The van der Waals surface area contributed by atoms with Gasteiger partial charge in [0.15, 0.2) is 0 Å². The van der Waals surface area contributed by atoms with Crippen LogP contribution in [-0.2, 0) is 14.3 Å². The van der Waals surface area contributed by atoms with Crippen molar-refractivity contribution in [2.45, 2.75) is 18.9 Å². The molecule has 1 atom stereocenters. The Hall–Kier alpha value is -2.98. The van der Waals surface area contributed by atoms with Crippen molar-refractivity contribution in [2.24, 2.45) is 0 Å². The van der Waals surface area contributed by atoms with Crippen LogP contribution in [0.3, 0.4) is 0 Å². The molecule has 2 rings (SSSR count). The molecule has 0 aliphatic carbocycles. The third-order valence-electron chi connectivity index (χ3n) is 3.73. The third-order valence-corrected chi connectivity index (χ3v) is 3.73. The Bertz CT molecular complexity index is 776. The molecular weight excluding hydrogens is 328 g/mol. The smallest absolute Gasteiger partial charge is 0.313 e. The molecule has 0 spiro atoms. The number of aliphatic hydroxyl groups is 1. The van der Waals surface area contributed by atoms with Crippen LogP contribution in [0.15, 0.2) is 72.8 Å². The lowest BCUT2D eigenvalue weighted by molar-refractivity contribution is -0.143. The fourth-order valence-corrected chi connectivity index (χ4v) is 2.41. The van der Waals surface area contributed by atoms with Crippen LogP contribution in [0.25, 0.3) is 11.6 Å². The fourth-order valence-electron chi connectivity index (χ4n) is 2.41. The van der Waals surface area contributed by atoms with E-state index >= 15 is 0 Å². The van der Waals surface area contributed by atoms with Gasteiger partial charge in [0.05, 0.1) is 13.2 Å². The number of rotatable bonds is 8. The molecule has 0 bridgehead atoms. The molecule has 0 fully saturated rings. The van der Waals surface area contributed by atoms with Crippen molar-refractivity contribution in [3.63, 3.8) is 0 Å². The highest BCUT2D eigenvalue weighted by Gasteiger charge is 2.13. The minimum absolute atomic E-state index is 0.126. The lowest BCUT2D eigenvalue weighted by atomic mass is 10.0. The normalized spacial score (nSPS) is 12.8. The van der Waals surface area contributed by atoms with E-state index in [9.17, 15) is 14.7 Å². The maximum absolute atomic E-state index is 11.7. The quantitative estimate of drug-likeness (QED) is 0.341. The van der Waals surface area contributed by atoms with Crippen LogP contribution in [0.1, 0.15) is 24.0 Å². The van der Waals surface area contributed by atoms with Gasteiger partial charge in [-0.3, -0.25) is 9.59 Å². The molecule has 0 aliphatic heterocycles. The lowest BCUT2D eigenvalue weighted by Crippen LogP contribution is -2.15. The highest BCUT2D eigenvalue weighted by atomic mass is 16.5. The lowest BCUT2D eigenvalue weighted by Gasteiger charge is -2.07. The van der Waals surface area contributed by atoms with E-state index in [0.29, 0.717) is 0 Å². The number of carbonyl (C=O) groups is 2. The van der Waals surface area contributed by atoms with Gasteiger partial charge in [-0.2, -0.15) is 0 Å². The molecule has 1 N–H and O–H groups in total.